The Morgan fingerprint density at radius 1 is 1.31 bits per heavy atom. The Labute approximate surface area is 102 Å². The summed E-state index contributed by atoms with van der Waals surface area (Å²) >= 11 is 1.19. The molecule has 0 aliphatic carbocycles. The van der Waals surface area contributed by atoms with Gasteiger partial charge in [0.15, 0.2) is 0 Å². The van der Waals surface area contributed by atoms with Crippen LogP contribution >= 0.6 is 11.8 Å². The van der Waals surface area contributed by atoms with Crippen LogP contribution in [0, 0.1) is 0 Å². The summed E-state index contributed by atoms with van der Waals surface area (Å²) in [4.78, 5) is 10.8. The predicted molar refractivity (Wildman–Crippen MR) is 67.9 cm³/mol. The monoisotopic (exact) mass is 249 g/mol. The molecule has 4 nitrogen and oxygen atoms in total. The molecule has 0 bridgehead atoms. The van der Waals surface area contributed by atoms with Crippen LogP contribution in [0.15, 0.2) is 0 Å². The van der Waals surface area contributed by atoms with Crippen molar-refractivity contribution in [2.75, 3.05) is 39.2 Å². The van der Waals surface area contributed by atoms with E-state index in [0.29, 0.717) is 25.9 Å². The van der Waals surface area contributed by atoms with Gasteiger partial charge in [0, 0.05) is 12.6 Å². The van der Waals surface area contributed by atoms with Gasteiger partial charge < -0.3 is 14.8 Å². The maximum atomic E-state index is 10.8. The summed E-state index contributed by atoms with van der Waals surface area (Å²) in [6.07, 6.45) is 2.88. The largest absolute Gasteiger partial charge is 0.378 e. The molecule has 0 radical (unpaired) electrons. The fourth-order valence-electron chi connectivity index (χ4n) is 0.956. The van der Waals surface area contributed by atoms with Gasteiger partial charge in [0.25, 0.3) is 0 Å². The summed E-state index contributed by atoms with van der Waals surface area (Å²) in [6.45, 7) is 7.05. The van der Waals surface area contributed by atoms with Gasteiger partial charge in [-0.2, -0.15) is 0 Å². The SMILES string of the molecule is CCC(C)NCCOCCOCC(=O)SC. The number of rotatable bonds is 10. The minimum atomic E-state index is 0.0541. The lowest BCUT2D eigenvalue weighted by Gasteiger charge is -2.11. The number of carbonyl (C=O) groups is 1. The second-order valence-corrected chi connectivity index (χ2v) is 4.37. The molecule has 0 fully saturated rings. The normalized spacial score (nSPS) is 12.7. The van der Waals surface area contributed by atoms with Crippen LogP contribution in [-0.2, 0) is 14.3 Å². The second kappa shape index (κ2) is 11.4. The van der Waals surface area contributed by atoms with E-state index < -0.39 is 0 Å². The lowest BCUT2D eigenvalue weighted by atomic mass is 10.3. The zero-order valence-corrected chi connectivity index (χ0v) is 11.3. The smallest absolute Gasteiger partial charge is 0.214 e. The van der Waals surface area contributed by atoms with Crippen LogP contribution in [0.3, 0.4) is 0 Å². The number of ether oxygens (including phenoxy) is 2. The number of carbonyl (C=O) groups excluding carboxylic acids is 1. The standard InChI is InChI=1S/C11H23NO3S/c1-4-10(2)12-5-6-14-7-8-15-9-11(13)16-3/h10,12H,4-9H2,1-3H3. The summed E-state index contributed by atoms with van der Waals surface area (Å²) in [5.74, 6) is 0. The van der Waals surface area contributed by atoms with Gasteiger partial charge in [-0.3, -0.25) is 4.79 Å². The lowest BCUT2D eigenvalue weighted by molar-refractivity contribution is -0.115. The Kier molecular flexibility index (Phi) is 11.3. The first-order valence-electron chi connectivity index (χ1n) is 5.66. The Morgan fingerprint density at radius 2 is 2.00 bits per heavy atom. The first kappa shape index (κ1) is 15.9. The molecule has 0 saturated carbocycles. The number of thioether (sulfide) groups is 1. The van der Waals surface area contributed by atoms with E-state index in [-0.39, 0.29) is 11.7 Å². The lowest BCUT2D eigenvalue weighted by Crippen LogP contribution is -2.29. The van der Waals surface area contributed by atoms with Crippen LogP contribution in [0.1, 0.15) is 20.3 Å². The van der Waals surface area contributed by atoms with Crippen molar-refractivity contribution in [3.8, 4) is 0 Å². The highest BCUT2D eigenvalue weighted by atomic mass is 32.2. The molecule has 0 rings (SSSR count). The Balaban J connectivity index is 3.07. The van der Waals surface area contributed by atoms with Crippen molar-refractivity contribution in [1.82, 2.24) is 5.32 Å². The third-order valence-electron chi connectivity index (χ3n) is 2.17. The molecular weight excluding hydrogens is 226 g/mol. The summed E-state index contributed by atoms with van der Waals surface area (Å²) < 4.78 is 10.5. The first-order chi connectivity index (χ1) is 7.70. The van der Waals surface area contributed by atoms with Crippen LogP contribution in [0.2, 0.25) is 0 Å². The van der Waals surface area contributed by atoms with Gasteiger partial charge in [0.2, 0.25) is 5.12 Å². The molecule has 0 aliphatic rings. The quantitative estimate of drug-likeness (QED) is 0.591. The Bertz CT molecular complexity index is 179. The summed E-state index contributed by atoms with van der Waals surface area (Å²) in [5, 5.41) is 3.38. The van der Waals surface area contributed by atoms with Crippen LogP contribution < -0.4 is 5.32 Å². The fraction of sp³-hybridized carbons (Fsp3) is 0.909. The van der Waals surface area contributed by atoms with Gasteiger partial charge in [-0.1, -0.05) is 18.7 Å². The van der Waals surface area contributed by atoms with Gasteiger partial charge in [0.1, 0.15) is 6.61 Å². The number of hydrogen-bond donors (Lipinski definition) is 1. The van der Waals surface area contributed by atoms with Gasteiger partial charge in [-0.05, 0) is 19.6 Å². The highest BCUT2D eigenvalue weighted by molar-refractivity contribution is 8.13. The van der Waals surface area contributed by atoms with Crippen LogP contribution in [-0.4, -0.2) is 50.4 Å². The summed E-state index contributed by atoms with van der Waals surface area (Å²) in [7, 11) is 0. The molecule has 0 heterocycles. The van der Waals surface area contributed by atoms with Crippen molar-refractivity contribution in [3.63, 3.8) is 0 Å². The molecule has 1 N–H and O–H groups in total. The average Bonchev–Trinajstić information content (AvgIpc) is 2.31. The van der Waals surface area contributed by atoms with E-state index in [0.717, 1.165) is 13.0 Å². The molecule has 0 saturated heterocycles. The fourth-order valence-corrected chi connectivity index (χ4v) is 1.16. The molecule has 96 valence electrons. The van der Waals surface area contributed by atoms with Crippen molar-refractivity contribution < 1.29 is 14.3 Å². The van der Waals surface area contributed by atoms with Crippen molar-refractivity contribution in [2.24, 2.45) is 0 Å². The average molecular weight is 249 g/mol. The topological polar surface area (TPSA) is 47.6 Å². The van der Waals surface area contributed by atoms with Crippen molar-refractivity contribution in [2.45, 2.75) is 26.3 Å². The molecular formula is C11H23NO3S. The van der Waals surface area contributed by atoms with E-state index in [1.54, 1.807) is 6.26 Å². The van der Waals surface area contributed by atoms with Crippen molar-refractivity contribution in [1.29, 1.82) is 0 Å². The van der Waals surface area contributed by atoms with Crippen LogP contribution in [0.4, 0.5) is 0 Å². The highest BCUT2D eigenvalue weighted by Crippen LogP contribution is 1.94. The highest BCUT2D eigenvalue weighted by Gasteiger charge is 1.98. The molecule has 16 heavy (non-hydrogen) atoms. The summed E-state index contributed by atoms with van der Waals surface area (Å²) in [6, 6.07) is 0.541. The van der Waals surface area contributed by atoms with Crippen molar-refractivity contribution in [3.05, 3.63) is 0 Å². The third-order valence-corrected chi connectivity index (χ3v) is 2.74. The maximum Gasteiger partial charge on any atom is 0.214 e. The van der Waals surface area contributed by atoms with Crippen LogP contribution in [0.5, 0.6) is 0 Å². The van der Waals surface area contributed by atoms with Gasteiger partial charge in [-0.25, -0.2) is 0 Å². The second-order valence-electron chi connectivity index (χ2n) is 3.50. The Hall–Kier alpha value is -0.100. The van der Waals surface area contributed by atoms with Crippen LogP contribution in [0.25, 0.3) is 0 Å². The van der Waals surface area contributed by atoms with E-state index in [1.165, 1.54) is 11.8 Å². The molecule has 0 spiro atoms. The molecule has 0 aliphatic heterocycles. The molecule has 5 heteroatoms. The number of nitrogens with one attached hydrogen (secondary N) is 1. The van der Waals surface area contributed by atoms with E-state index in [2.05, 4.69) is 19.2 Å². The molecule has 1 atom stereocenters. The van der Waals surface area contributed by atoms with Gasteiger partial charge in [0.05, 0.1) is 19.8 Å². The van der Waals surface area contributed by atoms with Gasteiger partial charge >= 0.3 is 0 Å². The molecule has 0 aromatic rings. The van der Waals surface area contributed by atoms with Gasteiger partial charge in [-0.15, -0.1) is 0 Å². The predicted octanol–water partition coefficient (Wildman–Crippen LogP) is 1.30. The first-order valence-corrected chi connectivity index (χ1v) is 6.88. The third kappa shape index (κ3) is 10.4. The van der Waals surface area contributed by atoms with E-state index in [1.807, 2.05) is 0 Å². The van der Waals surface area contributed by atoms with E-state index in [4.69, 9.17) is 9.47 Å². The molecule has 0 aromatic heterocycles. The molecule has 1 unspecified atom stereocenters. The van der Waals surface area contributed by atoms with E-state index in [9.17, 15) is 4.79 Å². The zero-order valence-electron chi connectivity index (χ0n) is 10.5. The minimum absolute atomic E-state index is 0.0541. The van der Waals surface area contributed by atoms with Crippen molar-refractivity contribution >= 4 is 16.9 Å². The summed E-state index contributed by atoms with van der Waals surface area (Å²) in [5.41, 5.74) is 0. The molecule has 0 aromatic carbocycles. The Morgan fingerprint density at radius 3 is 2.62 bits per heavy atom. The zero-order chi connectivity index (χ0) is 12.2. The number of hydrogen-bond acceptors (Lipinski definition) is 5. The maximum absolute atomic E-state index is 10.8. The minimum Gasteiger partial charge on any atom is -0.378 e. The van der Waals surface area contributed by atoms with E-state index >= 15 is 0 Å². The molecule has 0 amide bonds.